The number of hydrogen-bond donors (Lipinski definition) is 1. The summed E-state index contributed by atoms with van der Waals surface area (Å²) in [5, 5.41) is 0. The lowest BCUT2D eigenvalue weighted by molar-refractivity contribution is 0.0420. The van der Waals surface area contributed by atoms with Crippen molar-refractivity contribution in [2.75, 3.05) is 20.3 Å². The molecule has 4 rings (SSSR count). The van der Waals surface area contributed by atoms with Crippen molar-refractivity contribution in [1.82, 2.24) is 9.62 Å². The lowest BCUT2D eigenvalue weighted by atomic mass is 10.1. The molecule has 0 spiro atoms. The van der Waals surface area contributed by atoms with Crippen LogP contribution in [0.4, 0.5) is 0 Å². The van der Waals surface area contributed by atoms with Crippen molar-refractivity contribution in [3.8, 4) is 5.75 Å². The van der Waals surface area contributed by atoms with E-state index in [-0.39, 0.29) is 35.4 Å². The van der Waals surface area contributed by atoms with Crippen molar-refractivity contribution in [2.45, 2.75) is 23.8 Å². The van der Waals surface area contributed by atoms with Gasteiger partial charge in [0.25, 0.3) is 11.8 Å². The minimum Gasteiger partial charge on any atom is -0.495 e. The summed E-state index contributed by atoms with van der Waals surface area (Å²) in [6.07, 6.45) is 1.53. The first-order chi connectivity index (χ1) is 14.8. The van der Waals surface area contributed by atoms with Gasteiger partial charge in [0.2, 0.25) is 10.0 Å². The van der Waals surface area contributed by atoms with Crippen molar-refractivity contribution in [3.63, 3.8) is 0 Å². The first-order valence-electron chi connectivity index (χ1n) is 9.64. The number of sulfonamides is 1. The summed E-state index contributed by atoms with van der Waals surface area (Å²) in [4.78, 5) is 38.0. The maximum absolute atomic E-state index is 12.6. The van der Waals surface area contributed by atoms with Crippen LogP contribution in [-0.4, -0.2) is 57.4 Å². The van der Waals surface area contributed by atoms with E-state index in [0.29, 0.717) is 11.1 Å². The van der Waals surface area contributed by atoms with Crippen molar-refractivity contribution in [1.29, 1.82) is 0 Å². The molecule has 0 bridgehead atoms. The van der Waals surface area contributed by atoms with Crippen LogP contribution in [0.25, 0.3) is 0 Å². The van der Waals surface area contributed by atoms with Gasteiger partial charge in [-0.25, -0.2) is 17.9 Å². The molecule has 0 unspecified atom stereocenters. The smallest absolute Gasteiger partial charge is 0.338 e. The number of nitrogens with one attached hydrogen (secondary N) is 1. The van der Waals surface area contributed by atoms with Crippen LogP contribution in [0.1, 0.15) is 43.9 Å². The lowest BCUT2D eigenvalue weighted by Crippen LogP contribution is -2.33. The van der Waals surface area contributed by atoms with Crippen molar-refractivity contribution in [2.24, 2.45) is 0 Å². The van der Waals surface area contributed by atoms with Gasteiger partial charge in [0.1, 0.15) is 17.3 Å². The van der Waals surface area contributed by atoms with Gasteiger partial charge in [-0.1, -0.05) is 12.1 Å². The molecule has 0 saturated heterocycles. The number of amides is 2. The van der Waals surface area contributed by atoms with Crippen LogP contribution in [0.5, 0.6) is 5.75 Å². The molecule has 1 heterocycles. The van der Waals surface area contributed by atoms with Gasteiger partial charge in [-0.2, -0.15) is 0 Å². The molecular weight excluding hydrogens is 424 g/mol. The molecule has 1 N–H and O–H groups in total. The van der Waals surface area contributed by atoms with E-state index in [2.05, 4.69) is 4.72 Å². The molecule has 2 aromatic carbocycles. The largest absolute Gasteiger partial charge is 0.495 e. The third kappa shape index (κ3) is 4.17. The van der Waals surface area contributed by atoms with Gasteiger partial charge in [-0.05, 0) is 43.2 Å². The molecular formula is C21H20N2O7S. The van der Waals surface area contributed by atoms with Crippen molar-refractivity contribution in [3.05, 3.63) is 59.2 Å². The Labute approximate surface area is 179 Å². The fraction of sp³-hybridized carbons (Fsp3) is 0.286. The van der Waals surface area contributed by atoms with Gasteiger partial charge < -0.3 is 9.47 Å². The lowest BCUT2D eigenvalue weighted by Gasteiger charge is -2.14. The van der Waals surface area contributed by atoms with Crippen LogP contribution in [0.15, 0.2) is 47.4 Å². The molecule has 0 aromatic heterocycles. The number of nitrogens with zero attached hydrogens (tertiary/aromatic N) is 1. The van der Waals surface area contributed by atoms with E-state index >= 15 is 0 Å². The highest BCUT2D eigenvalue weighted by Crippen LogP contribution is 2.28. The molecule has 1 fully saturated rings. The van der Waals surface area contributed by atoms with Gasteiger partial charge >= 0.3 is 5.97 Å². The number of esters is 1. The number of carbonyl (C=O) groups is 3. The second-order valence-corrected chi connectivity index (χ2v) is 8.89. The average Bonchev–Trinajstić information content (AvgIpc) is 3.54. The number of hydrogen-bond acceptors (Lipinski definition) is 7. The standard InChI is InChI=1S/C21H20N2O7S/c1-29-17-9-6-13(12-18(17)31(27,28)22-14-7-8-14)21(26)30-11-10-23-19(24)15-4-2-3-5-16(15)20(23)25/h2-6,9,12,14,22H,7-8,10-11H2,1H3. The minimum absolute atomic E-state index is 0.0133. The number of rotatable bonds is 8. The Morgan fingerprint density at radius 2 is 1.74 bits per heavy atom. The van der Waals surface area contributed by atoms with E-state index < -0.39 is 27.8 Å². The van der Waals surface area contributed by atoms with E-state index in [0.717, 1.165) is 17.7 Å². The number of ether oxygens (including phenoxy) is 2. The van der Waals surface area contributed by atoms with Crippen LogP contribution < -0.4 is 9.46 Å². The third-order valence-electron chi connectivity index (χ3n) is 5.01. The van der Waals surface area contributed by atoms with Gasteiger partial charge in [-0.15, -0.1) is 0 Å². The highest BCUT2D eigenvalue weighted by Gasteiger charge is 2.35. The van der Waals surface area contributed by atoms with E-state index in [9.17, 15) is 22.8 Å². The highest BCUT2D eigenvalue weighted by atomic mass is 32.2. The van der Waals surface area contributed by atoms with E-state index in [1.807, 2.05) is 0 Å². The second-order valence-electron chi connectivity index (χ2n) is 7.20. The number of methoxy groups -OCH3 is 1. The summed E-state index contributed by atoms with van der Waals surface area (Å²) in [5.41, 5.74) is 0.637. The summed E-state index contributed by atoms with van der Waals surface area (Å²) in [6, 6.07) is 10.3. The van der Waals surface area contributed by atoms with E-state index in [4.69, 9.17) is 9.47 Å². The molecule has 31 heavy (non-hydrogen) atoms. The number of imide groups is 1. The molecule has 9 nitrogen and oxygen atoms in total. The molecule has 2 aliphatic rings. The zero-order valence-electron chi connectivity index (χ0n) is 16.7. The molecule has 10 heteroatoms. The maximum atomic E-state index is 12.6. The highest BCUT2D eigenvalue weighted by molar-refractivity contribution is 7.89. The van der Waals surface area contributed by atoms with E-state index in [1.54, 1.807) is 24.3 Å². The maximum Gasteiger partial charge on any atom is 0.338 e. The zero-order chi connectivity index (χ0) is 22.2. The van der Waals surface area contributed by atoms with Gasteiger partial charge in [0.05, 0.1) is 30.3 Å². The number of fused-ring (bicyclic) bond motifs is 1. The number of carbonyl (C=O) groups excluding carboxylic acids is 3. The fourth-order valence-corrected chi connectivity index (χ4v) is 4.75. The van der Waals surface area contributed by atoms with Gasteiger partial charge in [0, 0.05) is 6.04 Å². The Bertz CT molecular complexity index is 1140. The summed E-state index contributed by atoms with van der Waals surface area (Å²) in [7, 11) is -2.52. The Morgan fingerprint density at radius 1 is 1.10 bits per heavy atom. The summed E-state index contributed by atoms with van der Waals surface area (Å²) < 4.78 is 38.0. The first-order valence-corrected chi connectivity index (χ1v) is 11.1. The van der Waals surface area contributed by atoms with Crippen molar-refractivity contribution < 1.29 is 32.3 Å². The SMILES string of the molecule is COc1ccc(C(=O)OCCN2C(=O)c3ccccc3C2=O)cc1S(=O)(=O)NC1CC1. The van der Waals surface area contributed by atoms with Crippen LogP contribution in [-0.2, 0) is 14.8 Å². The van der Waals surface area contributed by atoms with Crippen LogP contribution in [0.3, 0.4) is 0 Å². The molecule has 0 atom stereocenters. The topological polar surface area (TPSA) is 119 Å². The molecule has 1 saturated carbocycles. The summed E-state index contributed by atoms with van der Waals surface area (Å²) in [6.45, 7) is -0.332. The Morgan fingerprint density at radius 3 is 2.32 bits per heavy atom. The van der Waals surface area contributed by atoms with Crippen LogP contribution in [0, 0.1) is 0 Å². The fourth-order valence-electron chi connectivity index (χ4n) is 3.25. The normalized spacial score (nSPS) is 15.7. The third-order valence-corrected chi connectivity index (χ3v) is 6.56. The molecule has 1 aliphatic carbocycles. The molecule has 2 amide bonds. The second kappa shape index (κ2) is 8.12. The predicted molar refractivity (Wildman–Crippen MR) is 108 cm³/mol. The van der Waals surface area contributed by atoms with Crippen LogP contribution >= 0.6 is 0 Å². The van der Waals surface area contributed by atoms with Crippen LogP contribution in [0.2, 0.25) is 0 Å². The Hall–Kier alpha value is -3.24. The van der Waals surface area contributed by atoms with Crippen molar-refractivity contribution >= 4 is 27.8 Å². The summed E-state index contributed by atoms with van der Waals surface area (Å²) >= 11 is 0. The Balaban J connectivity index is 1.43. The van der Waals surface area contributed by atoms with E-state index in [1.165, 1.54) is 25.3 Å². The first kappa shape index (κ1) is 21.0. The zero-order valence-corrected chi connectivity index (χ0v) is 17.5. The molecule has 162 valence electrons. The predicted octanol–water partition coefficient (Wildman–Crippen LogP) is 1.59. The quantitative estimate of drug-likeness (QED) is 0.485. The van der Waals surface area contributed by atoms with Gasteiger partial charge in [-0.3, -0.25) is 14.5 Å². The molecule has 1 aliphatic heterocycles. The molecule has 2 aromatic rings. The average molecular weight is 444 g/mol. The number of benzene rings is 2. The van der Waals surface area contributed by atoms with Gasteiger partial charge in [0.15, 0.2) is 0 Å². The summed E-state index contributed by atoms with van der Waals surface area (Å²) in [5.74, 6) is -1.56. The molecule has 0 radical (unpaired) electrons. The monoisotopic (exact) mass is 444 g/mol. The Kier molecular flexibility index (Phi) is 5.50. The minimum atomic E-state index is -3.85.